The highest BCUT2D eigenvalue weighted by Gasteiger charge is 2.54. The molecule has 1 spiro atoms. The van der Waals surface area contributed by atoms with Crippen molar-refractivity contribution in [3.63, 3.8) is 0 Å². The third-order valence-corrected chi connectivity index (χ3v) is 15.0. The maximum Gasteiger partial charge on any atom is 0.263 e. The number of morpholine rings is 1. The second kappa shape index (κ2) is 15.2. The second-order valence-electron chi connectivity index (χ2n) is 16.9. The lowest BCUT2D eigenvalue weighted by Gasteiger charge is -2.58. The second-order valence-corrected chi connectivity index (χ2v) is 18.9. The maximum atomic E-state index is 13.7. The minimum absolute atomic E-state index is 0.0231. The van der Waals surface area contributed by atoms with E-state index in [9.17, 15) is 9.00 Å². The summed E-state index contributed by atoms with van der Waals surface area (Å²) in [5.74, 6) is 1.17. The Morgan fingerprint density at radius 1 is 1.08 bits per heavy atom. The van der Waals surface area contributed by atoms with Gasteiger partial charge in [-0.3, -0.25) is 19.3 Å². The number of amides is 1. The molecule has 2 aromatic rings. The SMILES string of the molecule is CC(C)O[C@]1(N2CCN3CCOCC3C2)/C=C/CC(C)C(C)S(=O)NC(=O)c2ccc3c(c2)N(CC2CCC21)C[C@@]1(CCCc2cc(Cl)ccc21)CO3. The molecule has 0 radical (unpaired) electrons. The van der Waals surface area contributed by atoms with Crippen molar-refractivity contribution in [2.45, 2.75) is 94.8 Å². The van der Waals surface area contributed by atoms with Crippen LogP contribution in [0, 0.1) is 17.8 Å². The van der Waals surface area contributed by atoms with Gasteiger partial charge in [-0.05, 0) is 119 Å². The molecule has 288 valence electrons. The van der Waals surface area contributed by atoms with Crippen molar-refractivity contribution in [2.75, 3.05) is 64.0 Å². The fourth-order valence-electron chi connectivity index (χ4n) is 10.1. The van der Waals surface area contributed by atoms with Crippen molar-refractivity contribution >= 4 is 34.2 Å². The molecule has 1 saturated carbocycles. The van der Waals surface area contributed by atoms with Gasteiger partial charge in [0.25, 0.3) is 5.91 Å². The Morgan fingerprint density at radius 2 is 1.94 bits per heavy atom. The predicted octanol–water partition coefficient (Wildman–Crippen LogP) is 6.36. The Hall–Kier alpha value is -2.47. The molecule has 8 atom stereocenters. The highest BCUT2D eigenvalue weighted by atomic mass is 35.5. The molecule has 0 aromatic heterocycles. The maximum absolute atomic E-state index is 13.7. The van der Waals surface area contributed by atoms with Crippen LogP contribution in [-0.2, 0) is 32.3 Å². The molecule has 8 rings (SSSR count). The van der Waals surface area contributed by atoms with E-state index >= 15 is 0 Å². The predicted molar refractivity (Wildman–Crippen MR) is 211 cm³/mol. The molecule has 2 aromatic carbocycles. The summed E-state index contributed by atoms with van der Waals surface area (Å²) in [6.07, 6.45) is 10.7. The normalized spacial score (nSPS) is 36.0. The summed E-state index contributed by atoms with van der Waals surface area (Å²) in [6.45, 7) is 15.9. The lowest BCUT2D eigenvalue weighted by Crippen LogP contribution is -2.68. The Balaban J connectivity index is 1.22. The van der Waals surface area contributed by atoms with Gasteiger partial charge in [-0.2, -0.15) is 0 Å². The van der Waals surface area contributed by atoms with Gasteiger partial charge in [0, 0.05) is 67.2 Å². The average molecular weight is 765 g/mol. The number of benzene rings is 2. The summed E-state index contributed by atoms with van der Waals surface area (Å²) in [6, 6.07) is 12.5. The van der Waals surface area contributed by atoms with Crippen LogP contribution in [0.2, 0.25) is 5.02 Å². The Kier molecular flexibility index (Phi) is 10.8. The number of allylic oxidation sites excluding steroid dienone is 1. The molecule has 11 heteroatoms. The minimum Gasteiger partial charge on any atom is -0.490 e. The van der Waals surface area contributed by atoms with Gasteiger partial charge in [0.15, 0.2) is 0 Å². The van der Waals surface area contributed by atoms with E-state index in [-0.39, 0.29) is 34.5 Å². The Bertz CT molecular complexity index is 1740. The zero-order chi connectivity index (χ0) is 36.9. The first-order valence-electron chi connectivity index (χ1n) is 20.0. The van der Waals surface area contributed by atoms with E-state index in [0.29, 0.717) is 24.1 Å². The number of aryl methyl sites for hydroxylation is 1. The molecule has 2 saturated heterocycles. The van der Waals surface area contributed by atoms with Crippen molar-refractivity contribution in [3.05, 3.63) is 70.3 Å². The fourth-order valence-corrected chi connectivity index (χ4v) is 11.3. The molecular weight excluding hydrogens is 708 g/mol. The van der Waals surface area contributed by atoms with Crippen molar-refractivity contribution < 1.29 is 23.2 Å². The van der Waals surface area contributed by atoms with Gasteiger partial charge in [0.2, 0.25) is 0 Å². The van der Waals surface area contributed by atoms with E-state index < -0.39 is 16.7 Å². The number of piperazine rings is 1. The number of carbonyl (C=O) groups is 1. The van der Waals surface area contributed by atoms with E-state index in [1.807, 2.05) is 31.2 Å². The number of hydrogen-bond acceptors (Lipinski definition) is 8. The van der Waals surface area contributed by atoms with Crippen LogP contribution < -0.4 is 14.4 Å². The van der Waals surface area contributed by atoms with Crippen LogP contribution in [0.15, 0.2) is 48.6 Å². The summed E-state index contributed by atoms with van der Waals surface area (Å²) < 4.78 is 36.6. The largest absolute Gasteiger partial charge is 0.490 e. The molecule has 1 N–H and O–H groups in total. The number of nitrogens with zero attached hydrogens (tertiary/aromatic N) is 3. The van der Waals surface area contributed by atoms with Gasteiger partial charge in [-0.25, -0.2) is 4.21 Å². The van der Waals surface area contributed by atoms with E-state index in [4.69, 9.17) is 25.8 Å². The molecule has 2 bridgehead atoms. The van der Waals surface area contributed by atoms with Gasteiger partial charge in [-0.15, -0.1) is 0 Å². The highest BCUT2D eigenvalue weighted by molar-refractivity contribution is 7.84. The van der Waals surface area contributed by atoms with Crippen molar-refractivity contribution in [1.82, 2.24) is 14.5 Å². The molecule has 6 unspecified atom stereocenters. The first-order valence-corrected chi connectivity index (χ1v) is 21.6. The third-order valence-electron chi connectivity index (χ3n) is 13.3. The van der Waals surface area contributed by atoms with Crippen LogP contribution in [0.1, 0.15) is 81.3 Å². The molecule has 1 amide bonds. The number of hydrogen-bond donors (Lipinski definition) is 1. The third kappa shape index (κ3) is 7.22. The highest BCUT2D eigenvalue weighted by Crippen LogP contribution is 2.51. The quantitative estimate of drug-likeness (QED) is 0.362. The zero-order valence-electron chi connectivity index (χ0n) is 31.9. The van der Waals surface area contributed by atoms with E-state index in [2.05, 4.69) is 64.5 Å². The molecule has 3 fully saturated rings. The summed E-state index contributed by atoms with van der Waals surface area (Å²) >= 11 is 6.54. The standard InChI is InChI=1S/C42H57ClN4O5S/c1-28(2)52-42(47-18-17-45-19-20-50-25-35(45)24-47)16-5-7-29(3)30(4)53(49)44-40(48)32-10-14-39-38(22-32)46(23-33-9-12-37(33)42)26-41(27-51-39)15-6-8-31-21-34(43)11-13-36(31)41/h5,10-11,13-14,16,21-22,28-30,33,35,37H,6-9,12,15,17-20,23-27H2,1-4H3,(H,44,48)/b16-5+/t29?,30?,33?,35?,37?,41-,42+,53?/m0/s1. The van der Waals surface area contributed by atoms with Crippen LogP contribution in [0.4, 0.5) is 5.69 Å². The van der Waals surface area contributed by atoms with Crippen molar-refractivity contribution in [2.24, 2.45) is 17.8 Å². The van der Waals surface area contributed by atoms with Gasteiger partial charge in [0.1, 0.15) is 22.5 Å². The summed E-state index contributed by atoms with van der Waals surface area (Å²) in [7, 11) is -1.56. The molecular formula is C42H57ClN4O5S. The van der Waals surface area contributed by atoms with Gasteiger partial charge in [0.05, 0.1) is 36.9 Å². The van der Waals surface area contributed by atoms with Crippen molar-refractivity contribution in [3.8, 4) is 5.75 Å². The number of carbonyl (C=O) groups excluding carboxylic acids is 1. The molecule has 4 aliphatic heterocycles. The Labute approximate surface area is 323 Å². The van der Waals surface area contributed by atoms with Gasteiger partial charge in [-0.1, -0.05) is 30.7 Å². The fraction of sp³-hybridized carbons (Fsp3) is 0.643. The number of fused-ring (bicyclic) bond motifs is 5. The number of halogens is 1. The lowest BCUT2D eigenvalue weighted by atomic mass is 9.65. The number of rotatable bonds is 3. The lowest BCUT2D eigenvalue weighted by molar-refractivity contribution is -0.223. The topological polar surface area (TPSA) is 83.6 Å². The van der Waals surface area contributed by atoms with Crippen LogP contribution in [0.3, 0.4) is 0 Å². The first-order chi connectivity index (χ1) is 25.5. The number of ether oxygens (including phenoxy) is 3. The van der Waals surface area contributed by atoms with E-state index in [0.717, 1.165) is 107 Å². The summed E-state index contributed by atoms with van der Waals surface area (Å²) in [4.78, 5) is 21.4. The summed E-state index contributed by atoms with van der Waals surface area (Å²) in [5, 5.41) is 0.532. The van der Waals surface area contributed by atoms with Crippen LogP contribution >= 0.6 is 11.6 Å². The molecule has 6 aliphatic rings. The van der Waals surface area contributed by atoms with Crippen LogP contribution in [0.5, 0.6) is 5.75 Å². The minimum atomic E-state index is -1.56. The molecule has 4 heterocycles. The van der Waals surface area contributed by atoms with E-state index in [1.165, 1.54) is 11.1 Å². The van der Waals surface area contributed by atoms with Gasteiger partial charge >= 0.3 is 0 Å². The zero-order valence-corrected chi connectivity index (χ0v) is 33.4. The average Bonchev–Trinajstić information content (AvgIpc) is 3.28. The van der Waals surface area contributed by atoms with Crippen molar-refractivity contribution in [1.29, 1.82) is 0 Å². The van der Waals surface area contributed by atoms with Crippen LogP contribution in [-0.4, -0.2) is 102 Å². The first kappa shape index (κ1) is 37.5. The molecule has 53 heavy (non-hydrogen) atoms. The smallest absolute Gasteiger partial charge is 0.263 e. The summed E-state index contributed by atoms with van der Waals surface area (Å²) in [5.41, 5.74) is 3.24. The molecule has 2 aliphatic carbocycles. The Morgan fingerprint density at radius 3 is 2.75 bits per heavy atom. The number of anilines is 1. The van der Waals surface area contributed by atoms with Gasteiger partial charge < -0.3 is 19.1 Å². The van der Waals surface area contributed by atoms with E-state index in [1.54, 1.807) is 0 Å². The monoisotopic (exact) mass is 764 g/mol. The van der Waals surface area contributed by atoms with Crippen LogP contribution in [0.25, 0.3) is 0 Å². The number of nitrogens with one attached hydrogen (secondary N) is 1. The molecule has 9 nitrogen and oxygen atoms in total.